The minimum atomic E-state index is -4.33. The molecule has 28 heavy (non-hydrogen) atoms. The summed E-state index contributed by atoms with van der Waals surface area (Å²) < 4.78 is 39.5. The van der Waals surface area contributed by atoms with Crippen LogP contribution in [0.4, 0.5) is 13.2 Å². The number of aliphatic imine (C=N–C) groups is 1. The molecule has 0 unspecified atom stereocenters. The van der Waals surface area contributed by atoms with E-state index in [9.17, 15) is 18.0 Å². The molecule has 0 saturated heterocycles. The van der Waals surface area contributed by atoms with E-state index < -0.39 is 11.7 Å². The molecule has 0 aliphatic rings. The van der Waals surface area contributed by atoms with Gasteiger partial charge >= 0.3 is 6.18 Å². The molecule has 0 saturated carbocycles. The molecule has 1 heterocycles. The van der Waals surface area contributed by atoms with Gasteiger partial charge in [-0.25, -0.2) is 4.99 Å². The average molecular weight is 394 g/mol. The smallest absolute Gasteiger partial charge is 0.357 e. The van der Waals surface area contributed by atoms with Crippen molar-refractivity contribution < 1.29 is 13.2 Å². The molecule has 1 aromatic carbocycles. The van der Waals surface area contributed by atoms with Gasteiger partial charge in [0.2, 0.25) is 5.56 Å². The summed E-state index contributed by atoms with van der Waals surface area (Å²) >= 11 is 0. The lowest BCUT2D eigenvalue weighted by atomic mass is 10.1. The molecular weight excluding hydrogens is 369 g/mol. The molecule has 2 N–H and O–H groups in total. The molecule has 0 radical (unpaired) electrons. The van der Waals surface area contributed by atoms with Crippen molar-refractivity contribution in [3.63, 3.8) is 0 Å². The van der Waals surface area contributed by atoms with Gasteiger partial charge in [-0.3, -0.25) is 4.79 Å². The van der Waals surface area contributed by atoms with Gasteiger partial charge < -0.3 is 15.2 Å². The van der Waals surface area contributed by atoms with Crippen LogP contribution < -0.4 is 16.2 Å². The lowest BCUT2D eigenvalue weighted by Gasteiger charge is -2.12. The van der Waals surface area contributed by atoms with Crippen LogP contribution in [0.25, 0.3) is 0 Å². The number of nitrogens with zero attached hydrogens (tertiary/aromatic N) is 2. The molecule has 0 fully saturated rings. The van der Waals surface area contributed by atoms with Gasteiger partial charge in [0.15, 0.2) is 5.96 Å². The molecule has 0 aliphatic carbocycles. The van der Waals surface area contributed by atoms with Gasteiger partial charge in [-0.1, -0.05) is 18.2 Å². The first-order valence-electron chi connectivity index (χ1n) is 9.24. The van der Waals surface area contributed by atoms with Crippen LogP contribution in [0.2, 0.25) is 0 Å². The van der Waals surface area contributed by atoms with E-state index in [-0.39, 0.29) is 12.1 Å². The molecule has 0 atom stereocenters. The van der Waals surface area contributed by atoms with Gasteiger partial charge in [-0.2, -0.15) is 13.2 Å². The SMILES string of the molecule is CCNC(=NCc1ccc(C(F)(F)F)cc1)NCCCCn1ccccc1=O. The summed E-state index contributed by atoms with van der Waals surface area (Å²) in [4.78, 5) is 16.0. The minimum Gasteiger partial charge on any atom is -0.357 e. The standard InChI is InChI=1S/C20H25F3N4O/c1-2-24-19(25-12-4-6-14-27-13-5-3-7-18(27)28)26-15-16-8-10-17(11-9-16)20(21,22)23/h3,5,7-11,13H,2,4,6,12,14-15H2,1H3,(H2,24,25,26). The zero-order valence-corrected chi connectivity index (χ0v) is 15.8. The van der Waals surface area contributed by atoms with Crippen molar-refractivity contribution in [2.24, 2.45) is 4.99 Å². The number of aromatic nitrogens is 1. The highest BCUT2D eigenvalue weighted by molar-refractivity contribution is 5.79. The first-order valence-corrected chi connectivity index (χ1v) is 9.24. The zero-order chi connectivity index (χ0) is 20.4. The second-order valence-electron chi connectivity index (χ2n) is 6.26. The van der Waals surface area contributed by atoms with E-state index in [4.69, 9.17) is 0 Å². The van der Waals surface area contributed by atoms with Crippen LogP contribution in [-0.2, 0) is 19.3 Å². The van der Waals surface area contributed by atoms with E-state index in [0.29, 0.717) is 31.2 Å². The molecule has 0 spiro atoms. The Labute approximate surface area is 162 Å². The molecule has 0 aliphatic heterocycles. The van der Waals surface area contributed by atoms with Crippen molar-refractivity contribution in [2.75, 3.05) is 13.1 Å². The molecule has 1 aromatic heterocycles. The minimum absolute atomic E-state index is 0.0121. The number of nitrogens with one attached hydrogen (secondary N) is 2. The fourth-order valence-electron chi connectivity index (χ4n) is 2.57. The first kappa shape index (κ1) is 21.5. The predicted octanol–water partition coefficient (Wildman–Crippen LogP) is 3.40. The Hall–Kier alpha value is -2.77. The summed E-state index contributed by atoms with van der Waals surface area (Å²) in [5, 5.41) is 6.31. The van der Waals surface area contributed by atoms with Crippen LogP contribution in [0.5, 0.6) is 0 Å². The fourth-order valence-corrected chi connectivity index (χ4v) is 2.57. The molecule has 5 nitrogen and oxygen atoms in total. The maximum absolute atomic E-state index is 12.6. The van der Waals surface area contributed by atoms with E-state index in [0.717, 1.165) is 25.0 Å². The summed E-state index contributed by atoms with van der Waals surface area (Å²) in [6, 6.07) is 10.1. The van der Waals surface area contributed by atoms with Gasteiger partial charge in [-0.15, -0.1) is 0 Å². The van der Waals surface area contributed by atoms with Gasteiger partial charge in [-0.05, 0) is 43.5 Å². The highest BCUT2D eigenvalue weighted by atomic mass is 19.4. The van der Waals surface area contributed by atoms with Gasteiger partial charge in [0.05, 0.1) is 12.1 Å². The van der Waals surface area contributed by atoms with Crippen molar-refractivity contribution in [3.8, 4) is 0 Å². The predicted molar refractivity (Wildman–Crippen MR) is 104 cm³/mol. The van der Waals surface area contributed by atoms with Gasteiger partial charge in [0.25, 0.3) is 0 Å². The summed E-state index contributed by atoms with van der Waals surface area (Å²) in [7, 11) is 0. The van der Waals surface area contributed by atoms with Crippen molar-refractivity contribution in [3.05, 3.63) is 70.1 Å². The number of guanidine groups is 1. The van der Waals surface area contributed by atoms with Gasteiger partial charge in [0, 0.05) is 31.9 Å². The zero-order valence-electron chi connectivity index (χ0n) is 15.8. The first-order chi connectivity index (χ1) is 13.4. The Balaban J connectivity index is 1.80. The lowest BCUT2D eigenvalue weighted by Crippen LogP contribution is -2.37. The Morgan fingerprint density at radius 1 is 1.07 bits per heavy atom. The largest absolute Gasteiger partial charge is 0.416 e. The summed E-state index contributed by atoms with van der Waals surface area (Å²) in [6.07, 6.45) is -0.865. The monoisotopic (exact) mass is 394 g/mol. The highest BCUT2D eigenvalue weighted by Gasteiger charge is 2.29. The van der Waals surface area contributed by atoms with E-state index in [1.165, 1.54) is 18.2 Å². The van der Waals surface area contributed by atoms with E-state index in [2.05, 4.69) is 15.6 Å². The third-order valence-corrected chi connectivity index (χ3v) is 4.06. The van der Waals surface area contributed by atoms with Crippen molar-refractivity contribution >= 4 is 5.96 Å². The van der Waals surface area contributed by atoms with E-state index in [1.807, 2.05) is 13.0 Å². The number of halogens is 3. The summed E-state index contributed by atoms with van der Waals surface area (Å²) in [6.45, 7) is 4.24. The number of rotatable bonds is 8. The number of aryl methyl sites for hydroxylation is 1. The molecule has 2 rings (SSSR count). The topological polar surface area (TPSA) is 58.4 Å². The van der Waals surface area contributed by atoms with Crippen LogP contribution in [0.15, 0.2) is 58.4 Å². The highest BCUT2D eigenvalue weighted by Crippen LogP contribution is 2.29. The number of alkyl halides is 3. The third kappa shape index (κ3) is 7.09. The molecule has 152 valence electrons. The maximum Gasteiger partial charge on any atom is 0.416 e. The van der Waals surface area contributed by atoms with E-state index in [1.54, 1.807) is 16.8 Å². The number of benzene rings is 1. The third-order valence-electron chi connectivity index (χ3n) is 4.06. The van der Waals surface area contributed by atoms with Crippen LogP contribution in [0.1, 0.15) is 30.9 Å². The van der Waals surface area contributed by atoms with Crippen LogP contribution in [0, 0.1) is 0 Å². The Morgan fingerprint density at radius 3 is 2.46 bits per heavy atom. The number of unbranched alkanes of at least 4 members (excludes halogenated alkanes) is 1. The Morgan fingerprint density at radius 2 is 1.82 bits per heavy atom. The Kier molecular flexibility index (Phi) is 8.10. The second-order valence-corrected chi connectivity index (χ2v) is 6.26. The number of hydrogen-bond acceptors (Lipinski definition) is 2. The van der Waals surface area contributed by atoms with Crippen LogP contribution in [0.3, 0.4) is 0 Å². The lowest BCUT2D eigenvalue weighted by molar-refractivity contribution is -0.137. The second kappa shape index (κ2) is 10.5. The molecule has 8 heteroatoms. The average Bonchev–Trinajstić information content (AvgIpc) is 2.66. The van der Waals surface area contributed by atoms with Crippen LogP contribution >= 0.6 is 0 Å². The fraction of sp³-hybridized carbons (Fsp3) is 0.400. The van der Waals surface area contributed by atoms with Crippen molar-refractivity contribution in [2.45, 2.75) is 39.0 Å². The molecule has 2 aromatic rings. The Bertz CT molecular complexity index is 813. The van der Waals surface area contributed by atoms with E-state index >= 15 is 0 Å². The maximum atomic E-state index is 12.6. The van der Waals surface area contributed by atoms with Crippen molar-refractivity contribution in [1.29, 1.82) is 0 Å². The normalized spacial score (nSPS) is 12.1. The number of hydrogen-bond donors (Lipinski definition) is 2. The summed E-state index contributed by atoms with van der Waals surface area (Å²) in [5.74, 6) is 0.610. The quantitative estimate of drug-likeness (QED) is 0.410. The number of pyridine rings is 1. The summed E-state index contributed by atoms with van der Waals surface area (Å²) in [5.41, 5.74) is 0.0262. The molecule has 0 amide bonds. The van der Waals surface area contributed by atoms with Crippen LogP contribution in [-0.4, -0.2) is 23.6 Å². The van der Waals surface area contributed by atoms with Gasteiger partial charge in [0.1, 0.15) is 0 Å². The molecule has 0 bridgehead atoms. The molecular formula is C20H25F3N4O. The van der Waals surface area contributed by atoms with Crippen molar-refractivity contribution in [1.82, 2.24) is 15.2 Å².